The molecule has 2 nitrogen and oxygen atoms in total. The summed E-state index contributed by atoms with van der Waals surface area (Å²) in [5.74, 6) is 0. The molecule has 1 unspecified atom stereocenters. The van der Waals surface area contributed by atoms with Gasteiger partial charge in [0.05, 0.1) is 0 Å². The monoisotopic (exact) mass is 206 g/mol. The van der Waals surface area contributed by atoms with E-state index in [0.29, 0.717) is 6.04 Å². The van der Waals surface area contributed by atoms with Crippen LogP contribution in [0.1, 0.15) is 26.7 Å². The van der Waals surface area contributed by atoms with Gasteiger partial charge in [-0.05, 0) is 25.0 Å². The third-order valence-corrected chi connectivity index (χ3v) is 2.58. The third-order valence-electron chi connectivity index (χ3n) is 2.58. The first-order valence-corrected chi connectivity index (χ1v) is 5.92. The van der Waals surface area contributed by atoms with Crippen molar-refractivity contribution in [3.63, 3.8) is 0 Å². The molecule has 0 aromatic heterocycles. The zero-order valence-corrected chi connectivity index (χ0v) is 9.82. The average molecular weight is 206 g/mol. The summed E-state index contributed by atoms with van der Waals surface area (Å²) in [5, 5.41) is 0. The molecule has 1 aliphatic heterocycles. The number of piperidine rings is 1. The van der Waals surface area contributed by atoms with Crippen LogP contribution in [0.2, 0.25) is 0 Å². The Hall–Kier alpha value is -1.02. The lowest BCUT2D eigenvalue weighted by molar-refractivity contribution is 0.506. The van der Waals surface area contributed by atoms with E-state index in [-0.39, 0.29) is 0 Å². The zero-order valence-electron chi connectivity index (χ0n) is 9.82. The van der Waals surface area contributed by atoms with Crippen molar-refractivity contribution in [2.24, 2.45) is 5.73 Å². The second kappa shape index (κ2) is 6.46. The van der Waals surface area contributed by atoms with Gasteiger partial charge in [-0.25, -0.2) is 0 Å². The highest BCUT2D eigenvalue weighted by Crippen LogP contribution is 2.18. The summed E-state index contributed by atoms with van der Waals surface area (Å²) >= 11 is 0. The molecule has 0 amide bonds. The first kappa shape index (κ1) is 12.1. The van der Waals surface area contributed by atoms with E-state index in [9.17, 15) is 0 Å². The van der Waals surface area contributed by atoms with Gasteiger partial charge in [0.2, 0.25) is 0 Å². The molecule has 0 bridgehead atoms. The summed E-state index contributed by atoms with van der Waals surface area (Å²) in [7, 11) is 0. The first-order valence-electron chi connectivity index (χ1n) is 5.92. The second-order valence-electron chi connectivity index (χ2n) is 3.68. The molecule has 2 rings (SSSR count). The van der Waals surface area contributed by atoms with Gasteiger partial charge in [-0.3, -0.25) is 0 Å². The minimum Gasteiger partial charge on any atom is -0.370 e. The molecule has 0 radical (unpaired) electrons. The van der Waals surface area contributed by atoms with Crippen LogP contribution in [-0.4, -0.2) is 19.1 Å². The number of hydrogen-bond donors (Lipinski definition) is 1. The van der Waals surface area contributed by atoms with E-state index in [4.69, 9.17) is 5.73 Å². The number of nitrogens with two attached hydrogens (primary N) is 1. The highest BCUT2D eigenvalue weighted by molar-refractivity contribution is 5.46. The normalized spacial score (nSPS) is 20.5. The zero-order chi connectivity index (χ0) is 11.1. The maximum atomic E-state index is 5.92. The predicted octanol–water partition coefficient (Wildman–Crippen LogP) is 2.64. The Morgan fingerprint density at radius 1 is 1.20 bits per heavy atom. The van der Waals surface area contributed by atoms with Crippen molar-refractivity contribution in [3.8, 4) is 0 Å². The van der Waals surface area contributed by atoms with Crippen LogP contribution in [0.3, 0.4) is 0 Å². The summed E-state index contributed by atoms with van der Waals surface area (Å²) in [6.45, 7) is 6.15. The van der Waals surface area contributed by atoms with Crippen molar-refractivity contribution in [2.45, 2.75) is 32.7 Å². The molecule has 1 saturated heterocycles. The Bertz CT molecular complexity index is 258. The standard InChI is InChI=1S/C11H16N2.C2H6/c12-10-5-4-8-13(9-10)11-6-2-1-3-7-11;1-2/h1-3,6-7,10H,4-5,8-9,12H2;1-2H3. The lowest BCUT2D eigenvalue weighted by atomic mass is 10.1. The fourth-order valence-corrected chi connectivity index (χ4v) is 1.88. The van der Waals surface area contributed by atoms with Gasteiger partial charge in [0.25, 0.3) is 0 Å². The summed E-state index contributed by atoms with van der Waals surface area (Å²) < 4.78 is 0. The molecule has 0 spiro atoms. The maximum absolute atomic E-state index is 5.92. The number of benzene rings is 1. The Balaban J connectivity index is 0.000000531. The van der Waals surface area contributed by atoms with Crippen LogP contribution in [0.5, 0.6) is 0 Å². The fourth-order valence-electron chi connectivity index (χ4n) is 1.88. The third kappa shape index (κ3) is 3.56. The maximum Gasteiger partial charge on any atom is 0.0366 e. The van der Waals surface area contributed by atoms with Gasteiger partial charge in [0.1, 0.15) is 0 Å². The lowest BCUT2D eigenvalue weighted by Gasteiger charge is -2.32. The number of nitrogens with zero attached hydrogens (tertiary/aromatic N) is 1. The topological polar surface area (TPSA) is 29.3 Å². The van der Waals surface area contributed by atoms with Crippen molar-refractivity contribution in [1.29, 1.82) is 0 Å². The van der Waals surface area contributed by atoms with E-state index in [2.05, 4.69) is 29.2 Å². The van der Waals surface area contributed by atoms with Gasteiger partial charge in [-0.2, -0.15) is 0 Å². The van der Waals surface area contributed by atoms with Crippen molar-refractivity contribution < 1.29 is 0 Å². The van der Waals surface area contributed by atoms with Crippen molar-refractivity contribution in [3.05, 3.63) is 30.3 Å². The molecule has 1 atom stereocenters. The van der Waals surface area contributed by atoms with Gasteiger partial charge in [0, 0.05) is 24.8 Å². The molecular weight excluding hydrogens is 184 g/mol. The van der Waals surface area contributed by atoms with E-state index >= 15 is 0 Å². The highest BCUT2D eigenvalue weighted by Gasteiger charge is 2.16. The Morgan fingerprint density at radius 3 is 2.47 bits per heavy atom. The van der Waals surface area contributed by atoms with Crippen LogP contribution in [-0.2, 0) is 0 Å². The molecule has 1 aliphatic rings. The van der Waals surface area contributed by atoms with Crippen LogP contribution < -0.4 is 10.6 Å². The molecule has 0 saturated carbocycles. The molecule has 84 valence electrons. The SMILES string of the molecule is CC.NC1CCCN(c2ccccc2)C1. The van der Waals surface area contributed by atoms with Crippen LogP contribution in [0, 0.1) is 0 Å². The Morgan fingerprint density at radius 2 is 1.87 bits per heavy atom. The highest BCUT2D eigenvalue weighted by atomic mass is 15.1. The molecule has 1 aromatic carbocycles. The quantitative estimate of drug-likeness (QED) is 0.765. The molecule has 15 heavy (non-hydrogen) atoms. The summed E-state index contributed by atoms with van der Waals surface area (Å²) in [5.41, 5.74) is 7.22. The van der Waals surface area contributed by atoms with Gasteiger partial charge in [0.15, 0.2) is 0 Å². The molecule has 2 N–H and O–H groups in total. The van der Waals surface area contributed by atoms with E-state index in [0.717, 1.165) is 13.1 Å². The van der Waals surface area contributed by atoms with Crippen LogP contribution >= 0.6 is 0 Å². The summed E-state index contributed by atoms with van der Waals surface area (Å²) in [6.07, 6.45) is 2.39. The van der Waals surface area contributed by atoms with Crippen LogP contribution in [0.15, 0.2) is 30.3 Å². The summed E-state index contributed by atoms with van der Waals surface area (Å²) in [6, 6.07) is 10.9. The predicted molar refractivity (Wildman–Crippen MR) is 67.2 cm³/mol. The fraction of sp³-hybridized carbons (Fsp3) is 0.538. The number of rotatable bonds is 1. The van der Waals surface area contributed by atoms with Crippen LogP contribution in [0.4, 0.5) is 5.69 Å². The van der Waals surface area contributed by atoms with Gasteiger partial charge in [-0.1, -0.05) is 32.0 Å². The Labute approximate surface area is 93.1 Å². The van der Waals surface area contributed by atoms with Gasteiger partial charge in [-0.15, -0.1) is 0 Å². The molecular formula is C13H22N2. The Kier molecular flexibility index (Phi) is 5.19. The van der Waals surface area contributed by atoms with Gasteiger partial charge < -0.3 is 10.6 Å². The largest absolute Gasteiger partial charge is 0.370 e. The van der Waals surface area contributed by atoms with Crippen molar-refractivity contribution >= 4 is 5.69 Å². The average Bonchev–Trinajstić information content (AvgIpc) is 2.33. The first-order chi connectivity index (χ1) is 7.36. The molecule has 1 fully saturated rings. The van der Waals surface area contributed by atoms with Gasteiger partial charge >= 0.3 is 0 Å². The summed E-state index contributed by atoms with van der Waals surface area (Å²) in [4.78, 5) is 2.37. The molecule has 2 heteroatoms. The minimum atomic E-state index is 0.356. The van der Waals surface area contributed by atoms with E-state index in [1.807, 2.05) is 19.9 Å². The number of para-hydroxylation sites is 1. The minimum absolute atomic E-state index is 0.356. The van der Waals surface area contributed by atoms with Crippen LogP contribution in [0.25, 0.3) is 0 Å². The number of anilines is 1. The lowest BCUT2D eigenvalue weighted by Crippen LogP contribution is -2.42. The van der Waals surface area contributed by atoms with E-state index < -0.39 is 0 Å². The van der Waals surface area contributed by atoms with Crippen molar-refractivity contribution in [1.82, 2.24) is 0 Å². The number of hydrogen-bond acceptors (Lipinski definition) is 2. The smallest absolute Gasteiger partial charge is 0.0366 e. The van der Waals surface area contributed by atoms with E-state index in [1.165, 1.54) is 18.5 Å². The molecule has 1 aromatic rings. The van der Waals surface area contributed by atoms with E-state index in [1.54, 1.807) is 0 Å². The van der Waals surface area contributed by atoms with Crippen molar-refractivity contribution in [2.75, 3.05) is 18.0 Å². The molecule has 1 heterocycles. The second-order valence-corrected chi connectivity index (χ2v) is 3.68. The molecule has 0 aliphatic carbocycles.